The largest absolute Gasteiger partial charge is 0.276 e. The fraction of sp³-hybridized carbons (Fsp3) is 0. The van der Waals surface area contributed by atoms with Crippen molar-refractivity contribution in [1.82, 2.24) is 4.98 Å². The van der Waals surface area contributed by atoms with E-state index in [0.29, 0.717) is 0 Å². The number of halogens is 2. The summed E-state index contributed by atoms with van der Waals surface area (Å²) in [4.78, 5) is 14.3. The molecule has 0 aliphatic heterocycles. The van der Waals surface area contributed by atoms with Crippen molar-refractivity contribution in [3.63, 3.8) is 0 Å². The fourth-order valence-corrected chi connectivity index (χ4v) is 1.12. The van der Waals surface area contributed by atoms with Gasteiger partial charge < -0.3 is 0 Å². The lowest BCUT2D eigenvalue weighted by Crippen LogP contribution is -1.94. The summed E-state index contributed by atoms with van der Waals surface area (Å²) in [6, 6.07) is 3.10. The summed E-state index contributed by atoms with van der Waals surface area (Å²) >= 11 is 10.8. The second kappa shape index (κ2) is 3.53. The van der Waals surface area contributed by atoms with E-state index in [4.69, 9.17) is 28.5 Å². The van der Waals surface area contributed by atoms with Crippen molar-refractivity contribution in [2.75, 3.05) is 0 Å². The monoisotopic (exact) mass is 200 g/mol. The Labute approximate surface area is 78.5 Å². The van der Waals surface area contributed by atoms with Crippen molar-refractivity contribution in [3.8, 4) is 6.07 Å². The van der Waals surface area contributed by atoms with E-state index in [0.717, 1.165) is 0 Å². The molecule has 0 atom stereocenters. The first-order valence-electron chi connectivity index (χ1n) is 2.91. The van der Waals surface area contributed by atoms with Crippen LogP contribution in [0.5, 0.6) is 0 Å². The fourth-order valence-electron chi connectivity index (χ4n) is 0.673. The van der Waals surface area contributed by atoms with E-state index < -0.39 is 5.24 Å². The predicted octanol–water partition coefficient (Wildman–Crippen LogP) is 1.99. The zero-order valence-electron chi connectivity index (χ0n) is 5.71. The number of carbonyl (C=O) groups excluding carboxylic acids is 1. The van der Waals surface area contributed by atoms with E-state index >= 15 is 0 Å². The van der Waals surface area contributed by atoms with Gasteiger partial charge in [0.15, 0.2) is 5.69 Å². The predicted molar refractivity (Wildman–Crippen MR) is 44.1 cm³/mol. The molecule has 12 heavy (non-hydrogen) atoms. The smallest absolute Gasteiger partial charge is 0.254 e. The average Bonchev–Trinajstić information content (AvgIpc) is 2.04. The SMILES string of the molecule is N#Cc1nccc(C(=O)Cl)c1Cl. The van der Waals surface area contributed by atoms with Crippen molar-refractivity contribution < 1.29 is 4.79 Å². The Kier molecular flexibility index (Phi) is 2.64. The number of nitriles is 1. The molecule has 0 saturated heterocycles. The van der Waals surface area contributed by atoms with E-state index in [9.17, 15) is 4.79 Å². The first-order valence-corrected chi connectivity index (χ1v) is 3.67. The minimum absolute atomic E-state index is 0.000000000000000444. The Balaban J connectivity index is 3.35. The topological polar surface area (TPSA) is 53.8 Å². The van der Waals surface area contributed by atoms with Gasteiger partial charge in [-0.3, -0.25) is 4.79 Å². The third kappa shape index (κ3) is 1.55. The van der Waals surface area contributed by atoms with Gasteiger partial charge in [0.1, 0.15) is 6.07 Å². The number of rotatable bonds is 1. The van der Waals surface area contributed by atoms with Crippen LogP contribution in [0.25, 0.3) is 0 Å². The van der Waals surface area contributed by atoms with Gasteiger partial charge in [-0.1, -0.05) is 11.6 Å². The van der Waals surface area contributed by atoms with Gasteiger partial charge >= 0.3 is 0 Å². The maximum atomic E-state index is 10.7. The van der Waals surface area contributed by atoms with Crippen molar-refractivity contribution in [1.29, 1.82) is 5.26 Å². The maximum Gasteiger partial charge on any atom is 0.254 e. The number of carbonyl (C=O) groups is 1. The van der Waals surface area contributed by atoms with Crippen LogP contribution in [0.4, 0.5) is 0 Å². The molecule has 0 aliphatic carbocycles. The molecule has 0 fully saturated rings. The van der Waals surface area contributed by atoms with Crippen molar-refractivity contribution in [2.24, 2.45) is 0 Å². The van der Waals surface area contributed by atoms with Gasteiger partial charge in [-0.15, -0.1) is 0 Å². The van der Waals surface area contributed by atoms with Crippen LogP contribution in [0.15, 0.2) is 12.3 Å². The van der Waals surface area contributed by atoms with Crippen LogP contribution >= 0.6 is 23.2 Å². The summed E-state index contributed by atoms with van der Waals surface area (Å²) in [5.74, 6) is 0. The molecule has 0 unspecified atom stereocenters. The van der Waals surface area contributed by atoms with Crippen LogP contribution in [0, 0.1) is 11.3 Å². The standard InChI is InChI=1S/C7H2Cl2N2O/c8-6-4(7(9)12)1-2-11-5(6)3-10/h1-2H. The van der Waals surface area contributed by atoms with Gasteiger partial charge in [-0.25, -0.2) is 4.98 Å². The molecule has 1 rings (SSSR count). The number of nitrogens with zero attached hydrogens (tertiary/aromatic N) is 2. The van der Waals surface area contributed by atoms with Gasteiger partial charge in [0.2, 0.25) is 0 Å². The van der Waals surface area contributed by atoms with E-state index in [1.807, 2.05) is 0 Å². The van der Waals surface area contributed by atoms with Crippen molar-refractivity contribution in [3.05, 3.63) is 28.5 Å². The van der Waals surface area contributed by atoms with Gasteiger partial charge in [-0.2, -0.15) is 5.26 Å². The van der Waals surface area contributed by atoms with E-state index in [2.05, 4.69) is 4.98 Å². The number of hydrogen-bond donors (Lipinski definition) is 0. The summed E-state index contributed by atoms with van der Waals surface area (Å²) in [6.45, 7) is 0. The summed E-state index contributed by atoms with van der Waals surface area (Å²) in [7, 11) is 0. The first-order chi connectivity index (χ1) is 5.66. The van der Waals surface area contributed by atoms with E-state index in [1.165, 1.54) is 12.3 Å². The van der Waals surface area contributed by atoms with E-state index in [1.54, 1.807) is 6.07 Å². The quantitative estimate of drug-likeness (QED) is 0.652. The lowest BCUT2D eigenvalue weighted by molar-refractivity contribution is 0.108. The third-order valence-corrected chi connectivity index (χ3v) is 1.79. The molecule has 3 nitrogen and oxygen atoms in total. The molecule has 0 saturated carbocycles. The maximum absolute atomic E-state index is 10.7. The lowest BCUT2D eigenvalue weighted by Gasteiger charge is -1.97. The molecule has 0 aromatic carbocycles. The number of hydrogen-bond acceptors (Lipinski definition) is 3. The van der Waals surface area contributed by atoms with Crippen LogP contribution in [0.2, 0.25) is 5.02 Å². The first kappa shape index (κ1) is 8.98. The highest BCUT2D eigenvalue weighted by atomic mass is 35.5. The average molecular weight is 201 g/mol. The van der Waals surface area contributed by atoms with Crippen LogP contribution in [-0.4, -0.2) is 10.2 Å². The van der Waals surface area contributed by atoms with E-state index in [-0.39, 0.29) is 16.3 Å². The molecule has 60 valence electrons. The zero-order valence-corrected chi connectivity index (χ0v) is 7.23. The minimum Gasteiger partial charge on any atom is -0.276 e. The molecule has 0 spiro atoms. The minimum atomic E-state index is -0.695. The normalized spacial score (nSPS) is 9.08. The highest BCUT2D eigenvalue weighted by Gasteiger charge is 2.11. The molecule has 1 aromatic rings. The third-order valence-electron chi connectivity index (χ3n) is 1.21. The van der Waals surface area contributed by atoms with Crippen LogP contribution in [0.1, 0.15) is 16.1 Å². The molecule has 5 heteroatoms. The molecule has 0 amide bonds. The zero-order chi connectivity index (χ0) is 9.14. The second-order valence-electron chi connectivity index (χ2n) is 1.91. The molecular formula is C7H2Cl2N2O. The van der Waals surface area contributed by atoms with Gasteiger partial charge in [0.25, 0.3) is 5.24 Å². The Morgan fingerprint density at radius 1 is 1.67 bits per heavy atom. The van der Waals surface area contributed by atoms with Gasteiger partial charge in [0, 0.05) is 6.20 Å². The molecule has 1 aromatic heterocycles. The molecule has 0 bridgehead atoms. The van der Waals surface area contributed by atoms with Crippen LogP contribution in [0.3, 0.4) is 0 Å². The molecular weight excluding hydrogens is 199 g/mol. The molecule has 0 radical (unpaired) electrons. The van der Waals surface area contributed by atoms with Crippen LogP contribution < -0.4 is 0 Å². The van der Waals surface area contributed by atoms with Gasteiger partial charge in [0.05, 0.1) is 10.6 Å². The lowest BCUT2D eigenvalue weighted by atomic mass is 10.2. The van der Waals surface area contributed by atoms with Crippen LogP contribution in [-0.2, 0) is 0 Å². The molecule has 0 N–H and O–H groups in total. The second-order valence-corrected chi connectivity index (χ2v) is 2.63. The summed E-state index contributed by atoms with van der Waals surface area (Å²) < 4.78 is 0. The molecule has 1 heterocycles. The summed E-state index contributed by atoms with van der Waals surface area (Å²) in [6.07, 6.45) is 1.31. The summed E-state index contributed by atoms with van der Waals surface area (Å²) in [5, 5.41) is 7.78. The number of aromatic nitrogens is 1. The van der Waals surface area contributed by atoms with Crippen molar-refractivity contribution in [2.45, 2.75) is 0 Å². The Morgan fingerprint density at radius 2 is 2.33 bits per heavy atom. The summed E-state index contributed by atoms with van der Waals surface area (Å²) in [5.41, 5.74) is 0.105. The highest BCUT2D eigenvalue weighted by molar-refractivity contribution is 6.68. The molecule has 0 aliphatic rings. The number of pyridine rings is 1. The van der Waals surface area contributed by atoms with Crippen molar-refractivity contribution >= 4 is 28.4 Å². The Bertz CT molecular complexity index is 370. The Morgan fingerprint density at radius 3 is 2.83 bits per heavy atom. The highest BCUT2D eigenvalue weighted by Crippen LogP contribution is 2.19. The Hall–Kier alpha value is -1.11. The van der Waals surface area contributed by atoms with Gasteiger partial charge in [-0.05, 0) is 17.7 Å².